The van der Waals surface area contributed by atoms with Crippen molar-refractivity contribution in [2.75, 3.05) is 18.6 Å². The van der Waals surface area contributed by atoms with E-state index in [0.717, 1.165) is 5.75 Å². The molecule has 0 rings (SSSR count). The highest BCUT2D eigenvalue weighted by Crippen LogP contribution is 2.00. The van der Waals surface area contributed by atoms with Gasteiger partial charge in [-0.05, 0) is 19.2 Å². The first kappa shape index (κ1) is 10.6. The minimum absolute atomic E-state index is 0.00694. The van der Waals surface area contributed by atoms with E-state index < -0.39 is 6.09 Å². The fourth-order valence-corrected chi connectivity index (χ4v) is 1.43. The molecule has 0 aromatic heterocycles. The van der Waals surface area contributed by atoms with Crippen LogP contribution in [0.5, 0.6) is 0 Å². The molecular weight excluding hydrogens is 164 g/mol. The molecule has 0 aliphatic carbocycles. The van der Waals surface area contributed by atoms with E-state index in [2.05, 4.69) is 5.32 Å². The van der Waals surface area contributed by atoms with Crippen molar-refractivity contribution >= 4 is 17.9 Å². The standard InChI is InChI=1S/C6H14N2O2S/c1-11-4-5(2-3-7)8-6(9)10/h5,8H,2-4,7H2,1H3,(H,9,10)/t5-/m1/s1. The summed E-state index contributed by atoms with van der Waals surface area (Å²) >= 11 is 1.61. The van der Waals surface area contributed by atoms with Gasteiger partial charge < -0.3 is 16.2 Å². The van der Waals surface area contributed by atoms with E-state index >= 15 is 0 Å². The lowest BCUT2D eigenvalue weighted by Crippen LogP contribution is -2.37. The van der Waals surface area contributed by atoms with Crippen molar-refractivity contribution in [2.45, 2.75) is 12.5 Å². The minimum atomic E-state index is -0.975. The maximum atomic E-state index is 10.2. The summed E-state index contributed by atoms with van der Waals surface area (Å²) in [5.74, 6) is 0.781. The summed E-state index contributed by atoms with van der Waals surface area (Å²) in [6, 6.07) is -0.00694. The van der Waals surface area contributed by atoms with Crippen LogP contribution in [0.3, 0.4) is 0 Å². The van der Waals surface area contributed by atoms with Crippen molar-refractivity contribution in [3.8, 4) is 0 Å². The SMILES string of the molecule is CSC[C@@H](CCN)NC(=O)O. The van der Waals surface area contributed by atoms with E-state index in [1.54, 1.807) is 11.8 Å². The lowest BCUT2D eigenvalue weighted by molar-refractivity contribution is 0.190. The third-order valence-corrected chi connectivity index (χ3v) is 1.95. The zero-order valence-corrected chi connectivity index (χ0v) is 7.36. The first-order valence-corrected chi connectivity index (χ1v) is 4.78. The molecular formula is C6H14N2O2S. The highest BCUT2D eigenvalue weighted by atomic mass is 32.2. The summed E-state index contributed by atoms with van der Waals surface area (Å²) in [4.78, 5) is 10.2. The molecule has 0 aliphatic rings. The molecule has 5 heteroatoms. The molecule has 11 heavy (non-hydrogen) atoms. The van der Waals surface area contributed by atoms with Crippen LogP contribution in [0.2, 0.25) is 0 Å². The molecule has 0 bridgehead atoms. The van der Waals surface area contributed by atoms with Gasteiger partial charge in [0.05, 0.1) is 0 Å². The number of amides is 1. The number of rotatable bonds is 5. The van der Waals surface area contributed by atoms with Gasteiger partial charge in [0, 0.05) is 11.8 Å². The van der Waals surface area contributed by atoms with Crippen LogP contribution in [0.25, 0.3) is 0 Å². The molecule has 4 nitrogen and oxygen atoms in total. The van der Waals surface area contributed by atoms with Crippen molar-refractivity contribution in [1.29, 1.82) is 0 Å². The summed E-state index contributed by atoms with van der Waals surface area (Å²) in [6.07, 6.45) is 1.66. The van der Waals surface area contributed by atoms with Crippen LogP contribution in [0.15, 0.2) is 0 Å². The van der Waals surface area contributed by atoms with Crippen LogP contribution in [-0.4, -0.2) is 35.8 Å². The van der Waals surface area contributed by atoms with Crippen LogP contribution in [0.1, 0.15) is 6.42 Å². The molecule has 1 amide bonds. The quantitative estimate of drug-likeness (QED) is 0.567. The van der Waals surface area contributed by atoms with Crippen LogP contribution < -0.4 is 11.1 Å². The summed E-state index contributed by atoms with van der Waals surface area (Å²) in [5, 5.41) is 10.8. The number of nitrogens with two attached hydrogens (primary N) is 1. The number of hydrogen-bond acceptors (Lipinski definition) is 3. The Morgan fingerprint density at radius 2 is 2.45 bits per heavy atom. The zero-order chi connectivity index (χ0) is 8.69. The van der Waals surface area contributed by atoms with E-state index in [1.807, 2.05) is 6.26 Å². The van der Waals surface area contributed by atoms with Crippen molar-refractivity contribution in [1.82, 2.24) is 5.32 Å². The molecule has 0 heterocycles. The maximum absolute atomic E-state index is 10.2. The molecule has 0 saturated carbocycles. The lowest BCUT2D eigenvalue weighted by Gasteiger charge is -2.13. The number of nitrogens with one attached hydrogen (secondary N) is 1. The van der Waals surface area contributed by atoms with Gasteiger partial charge in [0.1, 0.15) is 0 Å². The second kappa shape index (κ2) is 6.30. The fourth-order valence-electron chi connectivity index (χ4n) is 0.774. The summed E-state index contributed by atoms with van der Waals surface area (Å²) < 4.78 is 0. The molecule has 0 radical (unpaired) electrons. The number of carboxylic acid groups (broad SMARTS) is 1. The van der Waals surface area contributed by atoms with Gasteiger partial charge in [0.2, 0.25) is 0 Å². The van der Waals surface area contributed by atoms with Crippen molar-refractivity contribution in [3.05, 3.63) is 0 Å². The molecule has 0 fully saturated rings. The first-order valence-electron chi connectivity index (χ1n) is 3.39. The Morgan fingerprint density at radius 3 is 2.82 bits per heavy atom. The van der Waals surface area contributed by atoms with E-state index in [1.165, 1.54) is 0 Å². The Hall–Kier alpha value is -0.420. The normalized spacial score (nSPS) is 12.5. The van der Waals surface area contributed by atoms with E-state index in [0.29, 0.717) is 13.0 Å². The van der Waals surface area contributed by atoms with E-state index in [9.17, 15) is 4.79 Å². The Kier molecular flexibility index (Phi) is 6.06. The highest BCUT2D eigenvalue weighted by Gasteiger charge is 2.08. The summed E-state index contributed by atoms with van der Waals surface area (Å²) in [5.41, 5.74) is 5.29. The average molecular weight is 178 g/mol. The van der Waals surface area contributed by atoms with Gasteiger partial charge in [-0.2, -0.15) is 11.8 Å². The third-order valence-electron chi connectivity index (χ3n) is 1.21. The van der Waals surface area contributed by atoms with E-state index in [4.69, 9.17) is 10.8 Å². The monoisotopic (exact) mass is 178 g/mol. The average Bonchev–Trinajstić information content (AvgIpc) is 1.87. The Bertz CT molecular complexity index is 115. The second-order valence-electron chi connectivity index (χ2n) is 2.18. The van der Waals surface area contributed by atoms with Crippen LogP contribution in [-0.2, 0) is 0 Å². The third kappa shape index (κ3) is 6.00. The highest BCUT2D eigenvalue weighted by molar-refractivity contribution is 7.98. The van der Waals surface area contributed by atoms with Gasteiger partial charge >= 0.3 is 6.09 Å². The largest absolute Gasteiger partial charge is 0.465 e. The number of carbonyl (C=O) groups is 1. The molecule has 66 valence electrons. The lowest BCUT2D eigenvalue weighted by atomic mass is 10.2. The summed E-state index contributed by atoms with van der Waals surface area (Å²) in [7, 11) is 0. The fraction of sp³-hybridized carbons (Fsp3) is 0.833. The summed E-state index contributed by atoms with van der Waals surface area (Å²) in [6.45, 7) is 0.519. The Morgan fingerprint density at radius 1 is 1.82 bits per heavy atom. The van der Waals surface area contributed by atoms with Crippen molar-refractivity contribution in [3.63, 3.8) is 0 Å². The van der Waals surface area contributed by atoms with E-state index in [-0.39, 0.29) is 6.04 Å². The van der Waals surface area contributed by atoms with Crippen LogP contribution in [0.4, 0.5) is 4.79 Å². The van der Waals surface area contributed by atoms with Gasteiger partial charge in [-0.25, -0.2) is 4.79 Å². The van der Waals surface area contributed by atoms with Gasteiger partial charge in [0.15, 0.2) is 0 Å². The zero-order valence-electron chi connectivity index (χ0n) is 6.54. The van der Waals surface area contributed by atoms with Gasteiger partial charge in [0.25, 0.3) is 0 Å². The smallest absolute Gasteiger partial charge is 0.404 e. The molecule has 0 spiro atoms. The van der Waals surface area contributed by atoms with Crippen molar-refractivity contribution < 1.29 is 9.90 Å². The van der Waals surface area contributed by atoms with Gasteiger partial charge in [-0.1, -0.05) is 0 Å². The topological polar surface area (TPSA) is 75.3 Å². The minimum Gasteiger partial charge on any atom is -0.465 e. The second-order valence-corrected chi connectivity index (χ2v) is 3.09. The predicted octanol–water partition coefficient (Wildman–Crippen LogP) is 0.334. The first-order chi connectivity index (χ1) is 5.20. The Labute approximate surface area is 70.5 Å². The predicted molar refractivity (Wildman–Crippen MR) is 47.0 cm³/mol. The van der Waals surface area contributed by atoms with Crippen LogP contribution >= 0.6 is 11.8 Å². The molecule has 0 aromatic rings. The Balaban J connectivity index is 3.59. The van der Waals surface area contributed by atoms with Crippen LogP contribution in [0, 0.1) is 0 Å². The van der Waals surface area contributed by atoms with Crippen molar-refractivity contribution in [2.24, 2.45) is 5.73 Å². The van der Waals surface area contributed by atoms with Gasteiger partial charge in [-0.3, -0.25) is 0 Å². The molecule has 0 aliphatic heterocycles. The molecule has 0 aromatic carbocycles. The molecule has 4 N–H and O–H groups in total. The number of thioether (sulfide) groups is 1. The van der Waals surface area contributed by atoms with Gasteiger partial charge in [-0.15, -0.1) is 0 Å². The molecule has 0 saturated heterocycles. The molecule has 1 atom stereocenters. The maximum Gasteiger partial charge on any atom is 0.404 e. The number of hydrogen-bond donors (Lipinski definition) is 3. The molecule has 0 unspecified atom stereocenters.